The Balaban J connectivity index is 2.45. The first-order chi connectivity index (χ1) is 7.65. The summed E-state index contributed by atoms with van der Waals surface area (Å²) in [6, 6.07) is 8.09. The van der Waals surface area contributed by atoms with Crippen LogP contribution in [0.4, 0.5) is 0 Å². The number of hydrogen-bond donors (Lipinski definition) is 1. The Kier molecular flexibility index (Phi) is 5.01. The molecule has 5 heteroatoms. The van der Waals surface area contributed by atoms with E-state index in [-0.39, 0.29) is 10.9 Å². The van der Waals surface area contributed by atoms with E-state index < -0.39 is 12.0 Å². The molecule has 0 amide bonds. The van der Waals surface area contributed by atoms with Crippen molar-refractivity contribution in [1.82, 2.24) is 0 Å². The molecule has 0 aliphatic heterocycles. The van der Waals surface area contributed by atoms with Gasteiger partial charge in [0.15, 0.2) is 0 Å². The van der Waals surface area contributed by atoms with Crippen molar-refractivity contribution in [2.45, 2.75) is 6.04 Å². The van der Waals surface area contributed by atoms with Gasteiger partial charge in [0.05, 0.1) is 7.11 Å². The lowest BCUT2D eigenvalue weighted by molar-refractivity contribution is -0.141. The van der Waals surface area contributed by atoms with E-state index in [2.05, 4.69) is 4.74 Å². The second-order valence-electron chi connectivity index (χ2n) is 3.09. The molecule has 16 heavy (non-hydrogen) atoms. The highest BCUT2D eigenvalue weighted by molar-refractivity contribution is 8.14. The maximum absolute atomic E-state index is 11.6. The van der Waals surface area contributed by atoms with E-state index in [9.17, 15) is 9.59 Å². The van der Waals surface area contributed by atoms with Gasteiger partial charge in [0.25, 0.3) is 0 Å². The van der Waals surface area contributed by atoms with E-state index in [0.717, 1.165) is 11.8 Å². The lowest BCUT2D eigenvalue weighted by Gasteiger charge is -2.07. The monoisotopic (exact) mass is 239 g/mol. The second-order valence-corrected chi connectivity index (χ2v) is 4.09. The van der Waals surface area contributed by atoms with Crippen molar-refractivity contribution in [1.29, 1.82) is 0 Å². The van der Waals surface area contributed by atoms with Gasteiger partial charge in [0.1, 0.15) is 6.04 Å². The molecular formula is C11H13NO3S. The minimum absolute atomic E-state index is 0.0973. The smallest absolute Gasteiger partial charge is 0.323 e. The highest BCUT2D eigenvalue weighted by Crippen LogP contribution is 2.12. The summed E-state index contributed by atoms with van der Waals surface area (Å²) in [6.07, 6.45) is 0. The minimum Gasteiger partial charge on any atom is -0.468 e. The van der Waals surface area contributed by atoms with E-state index in [4.69, 9.17) is 5.73 Å². The summed E-state index contributed by atoms with van der Waals surface area (Å²) in [4.78, 5) is 22.6. The van der Waals surface area contributed by atoms with Crippen LogP contribution in [0.5, 0.6) is 0 Å². The molecule has 0 fully saturated rings. The first-order valence-corrected chi connectivity index (χ1v) is 5.69. The van der Waals surface area contributed by atoms with Gasteiger partial charge in [-0.3, -0.25) is 9.59 Å². The Hall–Kier alpha value is -1.33. The first kappa shape index (κ1) is 12.7. The van der Waals surface area contributed by atoms with E-state index in [1.807, 2.05) is 6.07 Å². The number of nitrogens with two attached hydrogens (primary N) is 1. The molecule has 4 nitrogen and oxygen atoms in total. The van der Waals surface area contributed by atoms with E-state index in [0.29, 0.717) is 5.56 Å². The second kappa shape index (κ2) is 6.30. The third-order valence-electron chi connectivity index (χ3n) is 1.91. The molecule has 0 radical (unpaired) electrons. The highest BCUT2D eigenvalue weighted by Gasteiger charge is 2.16. The maximum atomic E-state index is 11.6. The van der Waals surface area contributed by atoms with Crippen molar-refractivity contribution in [3.05, 3.63) is 35.9 Å². The molecule has 0 bridgehead atoms. The molecule has 0 aromatic heterocycles. The number of ether oxygens (including phenoxy) is 1. The van der Waals surface area contributed by atoms with Gasteiger partial charge in [-0.2, -0.15) is 0 Å². The zero-order chi connectivity index (χ0) is 12.0. The Morgan fingerprint density at radius 1 is 1.38 bits per heavy atom. The highest BCUT2D eigenvalue weighted by atomic mass is 32.2. The normalized spacial score (nSPS) is 11.9. The Labute approximate surface area is 98.2 Å². The molecule has 1 atom stereocenters. The number of esters is 1. The van der Waals surface area contributed by atoms with Gasteiger partial charge in [0, 0.05) is 11.3 Å². The number of rotatable bonds is 4. The topological polar surface area (TPSA) is 69.4 Å². The van der Waals surface area contributed by atoms with Crippen LogP contribution in [0.3, 0.4) is 0 Å². The molecule has 86 valence electrons. The van der Waals surface area contributed by atoms with Gasteiger partial charge in [-0.1, -0.05) is 42.1 Å². The Bertz CT molecular complexity index is 367. The average Bonchev–Trinajstić information content (AvgIpc) is 2.35. The van der Waals surface area contributed by atoms with Crippen molar-refractivity contribution in [2.24, 2.45) is 5.73 Å². The molecule has 0 saturated heterocycles. The van der Waals surface area contributed by atoms with Crippen LogP contribution >= 0.6 is 11.8 Å². The van der Waals surface area contributed by atoms with Crippen molar-refractivity contribution < 1.29 is 14.3 Å². The number of carbonyl (C=O) groups excluding carboxylic acids is 2. The quantitative estimate of drug-likeness (QED) is 0.796. The number of carbonyl (C=O) groups is 2. The predicted molar refractivity (Wildman–Crippen MR) is 63.2 cm³/mol. The minimum atomic E-state index is -0.761. The van der Waals surface area contributed by atoms with E-state index >= 15 is 0 Å². The SMILES string of the molecule is COC(=O)C(N)CSC(=O)c1ccccc1. The van der Waals surface area contributed by atoms with Gasteiger partial charge in [-0.15, -0.1) is 0 Å². The van der Waals surface area contributed by atoms with Gasteiger partial charge >= 0.3 is 5.97 Å². The molecule has 0 heterocycles. The lowest BCUT2D eigenvalue weighted by Crippen LogP contribution is -2.34. The molecule has 2 N–H and O–H groups in total. The molecule has 0 aliphatic rings. The standard InChI is InChI=1S/C11H13NO3S/c1-15-10(13)9(12)7-16-11(14)8-5-3-2-4-6-8/h2-6,9H,7,12H2,1H3. The molecule has 0 saturated carbocycles. The molecule has 1 aromatic rings. The summed E-state index contributed by atoms with van der Waals surface area (Å²) in [5.41, 5.74) is 6.11. The third kappa shape index (κ3) is 3.67. The molecule has 0 aliphatic carbocycles. The summed E-state index contributed by atoms with van der Waals surface area (Å²) in [5, 5.41) is -0.0973. The zero-order valence-corrected chi connectivity index (χ0v) is 9.70. The van der Waals surface area contributed by atoms with Crippen molar-refractivity contribution in [3.63, 3.8) is 0 Å². The van der Waals surface area contributed by atoms with Gasteiger partial charge in [0.2, 0.25) is 5.12 Å². The average molecular weight is 239 g/mol. The fraction of sp³-hybridized carbons (Fsp3) is 0.273. The van der Waals surface area contributed by atoms with Crippen LogP contribution < -0.4 is 5.73 Å². The molecular weight excluding hydrogens is 226 g/mol. The first-order valence-electron chi connectivity index (χ1n) is 4.70. The molecule has 1 aromatic carbocycles. The fourth-order valence-corrected chi connectivity index (χ4v) is 1.81. The van der Waals surface area contributed by atoms with E-state index in [1.54, 1.807) is 24.3 Å². The van der Waals surface area contributed by atoms with Crippen molar-refractivity contribution in [3.8, 4) is 0 Å². The van der Waals surface area contributed by atoms with Crippen molar-refractivity contribution in [2.75, 3.05) is 12.9 Å². The number of hydrogen-bond acceptors (Lipinski definition) is 5. The van der Waals surface area contributed by atoms with Crippen molar-refractivity contribution >= 4 is 22.8 Å². The van der Waals surface area contributed by atoms with Crippen LogP contribution in [0.15, 0.2) is 30.3 Å². The summed E-state index contributed by atoms with van der Waals surface area (Å²) >= 11 is 1.02. The largest absolute Gasteiger partial charge is 0.468 e. The van der Waals surface area contributed by atoms with Crippen LogP contribution in [0, 0.1) is 0 Å². The predicted octanol–water partition coefficient (Wildman–Crippen LogP) is 1.06. The Morgan fingerprint density at radius 2 is 2.00 bits per heavy atom. The van der Waals surface area contributed by atoms with Gasteiger partial charge < -0.3 is 10.5 Å². The fourth-order valence-electron chi connectivity index (χ4n) is 1.04. The maximum Gasteiger partial charge on any atom is 0.323 e. The van der Waals surface area contributed by atoms with Gasteiger partial charge in [-0.05, 0) is 0 Å². The summed E-state index contributed by atoms with van der Waals surface area (Å²) < 4.78 is 4.46. The number of methoxy groups -OCH3 is 1. The molecule has 0 spiro atoms. The zero-order valence-electron chi connectivity index (χ0n) is 8.88. The Morgan fingerprint density at radius 3 is 2.56 bits per heavy atom. The van der Waals surface area contributed by atoms with Crippen LogP contribution in [0.1, 0.15) is 10.4 Å². The van der Waals surface area contributed by atoms with Crippen LogP contribution in [0.25, 0.3) is 0 Å². The molecule has 1 rings (SSSR count). The third-order valence-corrected chi connectivity index (χ3v) is 2.93. The molecule has 1 unspecified atom stereocenters. The van der Waals surface area contributed by atoms with E-state index in [1.165, 1.54) is 7.11 Å². The summed E-state index contributed by atoms with van der Waals surface area (Å²) in [5.74, 6) is -0.284. The van der Waals surface area contributed by atoms with Crippen LogP contribution in [-0.2, 0) is 9.53 Å². The van der Waals surface area contributed by atoms with Crippen LogP contribution in [0.2, 0.25) is 0 Å². The lowest BCUT2D eigenvalue weighted by atomic mass is 10.2. The number of benzene rings is 1. The summed E-state index contributed by atoms with van der Waals surface area (Å²) in [7, 11) is 1.27. The van der Waals surface area contributed by atoms with Crippen LogP contribution in [-0.4, -0.2) is 30.0 Å². The summed E-state index contributed by atoms with van der Waals surface area (Å²) in [6.45, 7) is 0. The number of thioether (sulfide) groups is 1. The van der Waals surface area contributed by atoms with Gasteiger partial charge in [-0.25, -0.2) is 0 Å².